The average Bonchev–Trinajstić information content (AvgIpc) is 2.78. The third-order valence-corrected chi connectivity index (χ3v) is 4.50. The molecule has 3 heteroatoms. The van der Waals surface area contributed by atoms with Crippen molar-refractivity contribution in [1.29, 1.82) is 0 Å². The van der Waals surface area contributed by atoms with Gasteiger partial charge >= 0.3 is 0 Å². The van der Waals surface area contributed by atoms with E-state index in [2.05, 4.69) is 28.9 Å². The second kappa shape index (κ2) is 3.88. The number of ketones is 1. The molecule has 1 aromatic heterocycles. The number of carbonyl (C=O) groups is 1. The Kier molecular flexibility index (Phi) is 2.82. The highest BCUT2D eigenvalue weighted by Gasteiger charge is 2.45. The van der Waals surface area contributed by atoms with E-state index < -0.39 is 5.41 Å². The number of halogens is 1. The monoisotopic (exact) mass is 282 g/mol. The van der Waals surface area contributed by atoms with Crippen LogP contribution in [-0.4, -0.2) is 5.78 Å². The van der Waals surface area contributed by atoms with E-state index in [9.17, 15) is 4.79 Å². The minimum absolute atomic E-state index is 0.0723. The summed E-state index contributed by atoms with van der Waals surface area (Å²) in [6, 6.07) is 1.76. The van der Waals surface area contributed by atoms with E-state index in [1.165, 1.54) is 0 Å². The Labute approximate surface area is 104 Å². The molecular weight excluding hydrogens is 268 g/mol. The highest BCUT2D eigenvalue weighted by atomic mass is 79.9. The maximum atomic E-state index is 12.5. The minimum Gasteiger partial charge on any atom is -0.460 e. The minimum atomic E-state index is -0.416. The molecule has 0 aliphatic heterocycles. The van der Waals surface area contributed by atoms with Crippen LogP contribution in [0.2, 0.25) is 0 Å². The lowest BCUT2D eigenvalue weighted by Crippen LogP contribution is -2.32. The normalized spacial score (nSPS) is 29.2. The summed E-state index contributed by atoms with van der Waals surface area (Å²) in [5.74, 6) is 0.837. The first-order chi connectivity index (χ1) is 7.48. The van der Waals surface area contributed by atoms with Crippen LogP contribution in [0, 0.1) is 11.3 Å². The lowest BCUT2D eigenvalue weighted by molar-refractivity contribution is 0.0775. The summed E-state index contributed by atoms with van der Waals surface area (Å²) >= 11 is 3.34. The summed E-state index contributed by atoms with van der Waals surface area (Å²) in [6.07, 6.45) is 4.66. The smallest absolute Gasteiger partial charge is 0.209 e. The largest absolute Gasteiger partial charge is 0.460 e. The molecule has 0 bridgehead atoms. The third-order valence-electron chi connectivity index (χ3n) is 3.88. The molecule has 2 rings (SSSR count). The number of allylic oxidation sites excluding steroid dienone is 2. The van der Waals surface area contributed by atoms with Gasteiger partial charge in [-0.3, -0.25) is 4.79 Å². The van der Waals surface area contributed by atoms with Crippen LogP contribution in [0.1, 0.15) is 37.7 Å². The number of Topliss-reactive ketones (excluding diaryl/α,β-unsaturated/α-hetero) is 1. The van der Waals surface area contributed by atoms with Gasteiger partial charge in [0.05, 0.1) is 16.2 Å². The van der Waals surface area contributed by atoms with Crippen LogP contribution in [0.15, 0.2) is 32.9 Å². The van der Waals surface area contributed by atoms with E-state index in [4.69, 9.17) is 4.42 Å². The molecule has 16 heavy (non-hydrogen) atoms. The molecule has 0 N–H and O–H groups in total. The zero-order chi connectivity index (χ0) is 11.9. The molecule has 1 aromatic rings. The highest BCUT2D eigenvalue weighted by Crippen LogP contribution is 2.46. The molecular formula is C13H15BrO2. The Balaban J connectivity index is 2.42. The van der Waals surface area contributed by atoms with Crippen LogP contribution < -0.4 is 0 Å². The Morgan fingerprint density at radius 1 is 1.62 bits per heavy atom. The Morgan fingerprint density at radius 2 is 2.31 bits per heavy atom. The van der Waals surface area contributed by atoms with Crippen LogP contribution >= 0.6 is 15.9 Å². The maximum absolute atomic E-state index is 12.5. The van der Waals surface area contributed by atoms with Gasteiger partial charge in [0.25, 0.3) is 0 Å². The molecule has 0 saturated heterocycles. The van der Waals surface area contributed by atoms with Crippen molar-refractivity contribution in [2.45, 2.75) is 27.2 Å². The molecule has 86 valence electrons. The van der Waals surface area contributed by atoms with E-state index in [1.54, 1.807) is 12.3 Å². The van der Waals surface area contributed by atoms with E-state index in [0.717, 1.165) is 16.5 Å². The first-order valence-corrected chi connectivity index (χ1v) is 6.22. The quantitative estimate of drug-likeness (QED) is 0.601. The van der Waals surface area contributed by atoms with Crippen LogP contribution in [0.3, 0.4) is 0 Å². The molecule has 0 fully saturated rings. The van der Waals surface area contributed by atoms with E-state index >= 15 is 0 Å². The van der Waals surface area contributed by atoms with E-state index in [1.807, 2.05) is 13.8 Å². The molecule has 0 radical (unpaired) electrons. The summed E-state index contributed by atoms with van der Waals surface area (Å²) in [4.78, 5) is 12.5. The van der Waals surface area contributed by atoms with Gasteiger partial charge in [0, 0.05) is 0 Å². The van der Waals surface area contributed by atoms with Crippen LogP contribution in [0.25, 0.3) is 0 Å². The lowest BCUT2D eigenvalue weighted by Gasteiger charge is -2.29. The first-order valence-electron chi connectivity index (χ1n) is 5.43. The van der Waals surface area contributed by atoms with Gasteiger partial charge in [0.15, 0.2) is 5.76 Å². The van der Waals surface area contributed by atoms with Gasteiger partial charge in [0.1, 0.15) is 0 Å². The number of furan rings is 1. The second-order valence-corrected chi connectivity index (χ2v) is 5.51. The van der Waals surface area contributed by atoms with Crippen molar-refractivity contribution >= 4 is 21.7 Å². The van der Waals surface area contributed by atoms with Crippen molar-refractivity contribution in [3.05, 3.63) is 34.2 Å². The van der Waals surface area contributed by atoms with Crippen molar-refractivity contribution in [2.75, 3.05) is 0 Å². The van der Waals surface area contributed by atoms with Crippen LogP contribution in [0.5, 0.6) is 0 Å². The van der Waals surface area contributed by atoms with Crippen molar-refractivity contribution in [3.8, 4) is 0 Å². The van der Waals surface area contributed by atoms with Gasteiger partial charge in [-0.15, -0.1) is 0 Å². The standard InChI is InChI=1S/C13H15BrO2/c1-8-4-5-9(2)13(8,3)12(15)11-10(14)6-7-16-11/h4,6-7,9H,5H2,1-3H3/t9-,13-/m1/s1. The average molecular weight is 283 g/mol. The zero-order valence-corrected chi connectivity index (χ0v) is 11.3. The first kappa shape index (κ1) is 11.6. The zero-order valence-electron chi connectivity index (χ0n) is 9.71. The fourth-order valence-corrected chi connectivity index (χ4v) is 2.67. The molecule has 0 unspecified atom stereocenters. The molecule has 0 aromatic carbocycles. The Morgan fingerprint density at radius 3 is 2.75 bits per heavy atom. The van der Waals surface area contributed by atoms with E-state index in [-0.39, 0.29) is 5.78 Å². The fraction of sp³-hybridized carbons (Fsp3) is 0.462. The molecule has 0 saturated carbocycles. The maximum Gasteiger partial charge on any atom is 0.209 e. The van der Waals surface area contributed by atoms with Gasteiger partial charge in [-0.1, -0.05) is 18.6 Å². The molecule has 2 atom stereocenters. The fourth-order valence-electron chi connectivity index (χ4n) is 2.28. The van der Waals surface area contributed by atoms with Gasteiger partial charge in [-0.2, -0.15) is 0 Å². The molecule has 1 aliphatic carbocycles. The van der Waals surface area contributed by atoms with Crippen molar-refractivity contribution < 1.29 is 9.21 Å². The summed E-state index contributed by atoms with van der Waals surface area (Å²) in [5, 5.41) is 0. The SMILES string of the molecule is CC1=CC[C@@H](C)[C@]1(C)C(=O)c1occc1Br. The van der Waals surface area contributed by atoms with Gasteiger partial charge in [-0.25, -0.2) is 0 Å². The van der Waals surface area contributed by atoms with Gasteiger partial charge in [0.2, 0.25) is 5.78 Å². The van der Waals surface area contributed by atoms with E-state index in [0.29, 0.717) is 11.7 Å². The molecule has 1 heterocycles. The summed E-state index contributed by atoms with van der Waals surface area (Å²) < 4.78 is 6.02. The number of rotatable bonds is 2. The third kappa shape index (κ3) is 1.49. The van der Waals surface area contributed by atoms with Crippen molar-refractivity contribution in [3.63, 3.8) is 0 Å². The summed E-state index contributed by atoms with van der Waals surface area (Å²) in [6.45, 7) is 6.15. The number of hydrogen-bond donors (Lipinski definition) is 0. The summed E-state index contributed by atoms with van der Waals surface area (Å²) in [7, 11) is 0. The second-order valence-electron chi connectivity index (χ2n) is 4.65. The molecule has 1 aliphatic rings. The molecule has 0 amide bonds. The molecule has 0 spiro atoms. The summed E-state index contributed by atoms with van der Waals surface area (Å²) in [5.41, 5.74) is 0.730. The van der Waals surface area contributed by atoms with Crippen molar-refractivity contribution in [1.82, 2.24) is 0 Å². The molecule has 2 nitrogen and oxygen atoms in total. The highest BCUT2D eigenvalue weighted by molar-refractivity contribution is 9.10. The number of carbonyl (C=O) groups excluding carboxylic acids is 1. The Bertz CT molecular complexity index is 458. The number of hydrogen-bond acceptors (Lipinski definition) is 2. The Hall–Kier alpha value is -0.830. The predicted octanol–water partition coefficient (Wildman–Crippen LogP) is 4.22. The topological polar surface area (TPSA) is 30.2 Å². The van der Waals surface area contributed by atoms with Crippen molar-refractivity contribution in [2.24, 2.45) is 11.3 Å². The predicted molar refractivity (Wildman–Crippen MR) is 66.4 cm³/mol. The van der Waals surface area contributed by atoms with Gasteiger partial charge in [-0.05, 0) is 48.2 Å². The van der Waals surface area contributed by atoms with Crippen LogP contribution in [0.4, 0.5) is 0 Å². The van der Waals surface area contributed by atoms with Gasteiger partial charge < -0.3 is 4.42 Å². The lowest BCUT2D eigenvalue weighted by atomic mass is 9.72. The van der Waals surface area contributed by atoms with Crippen LogP contribution in [-0.2, 0) is 0 Å².